The van der Waals surface area contributed by atoms with E-state index in [1.165, 1.54) is 24.1 Å². The van der Waals surface area contributed by atoms with Crippen molar-refractivity contribution in [1.29, 1.82) is 0 Å². The second-order valence-corrected chi connectivity index (χ2v) is 4.56. The van der Waals surface area contributed by atoms with Crippen LogP contribution in [0.2, 0.25) is 0 Å². The molecule has 1 aromatic heterocycles. The molecule has 1 N–H and O–H groups in total. The van der Waals surface area contributed by atoms with Gasteiger partial charge in [0.05, 0.1) is 12.3 Å². The molecule has 2 atom stereocenters. The van der Waals surface area contributed by atoms with Crippen molar-refractivity contribution in [2.45, 2.75) is 25.9 Å². The number of nitrogens with zero attached hydrogens (tertiary/aromatic N) is 2. The second-order valence-electron chi connectivity index (χ2n) is 4.56. The molecule has 1 fully saturated rings. The highest BCUT2D eigenvalue weighted by Crippen LogP contribution is 2.34. The normalized spacial score (nSPS) is 25.9. The van der Waals surface area contributed by atoms with E-state index in [0.717, 1.165) is 13.2 Å². The number of aryl methyl sites for hydroxylation is 1. The smallest absolute Gasteiger partial charge is 0.0898 e. The summed E-state index contributed by atoms with van der Waals surface area (Å²) in [5, 5.41) is 7.56. The van der Waals surface area contributed by atoms with Crippen LogP contribution < -0.4 is 5.32 Å². The summed E-state index contributed by atoms with van der Waals surface area (Å²) >= 11 is 0. The molecule has 4 heteroatoms. The summed E-state index contributed by atoms with van der Waals surface area (Å²) in [5.41, 5.74) is 2.47. The van der Waals surface area contributed by atoms with Crippen molar-refractivity contribution in [1.82, 2.24) is 15.1 Å². The van der Waals surface area contributed by atoms with Gasteiger partial charge in [0.15, 0.2) is 0 Å². The third-order valence-electron chi connectivity index (χ3n) is 3.49. The van der Waals surface area contributed by atoms with E-state index < -0.39 is 0 Å². The molecule has 16 heavy (non-hydrogen) atoms. The van der Waals surface area contributed by atoms with Gasteiger partial charge in [0.2, 0.25) is 0 Å². The van der Waals surface area contributed by atoms with Crippen molar-refractivity contribution < 1.29 is 4.74 Å². The molecule has 1 aliphatic heterocycles. The summed E-state index contributed by atoms with van der Waals surface area (Å²) in [5.74, 6) is 0.571. The van der Waals surface area contributed by atoms with Crippen molar-refractivity contribution in [3.8, 4) is 0 Å². The zero-order valence-corrected chi connectivity index (χ0v) is 10.4. The fourth-order valence-corrected chi connectivity index (χ4v) is 2.45. The van der Waals surface area contributed by atoms with E-state index >= 15 is 0 Å². The van der Waals surface area contributed by atoms with Crippen LogP contribution >= 0.6 is 0 Å². The summed E-state index contributed by atoms with van der Waals surface area (Å²) < 4.78 is 7.85. The number of hydrogen-bond acceptors (Lipinski definition) is 3. The van der Waals surface area contributed by atoms with Gasteiger partial charge in [0.1, 0.15) is 0 Å². The minimum absolute atomic E-state index is 0.217. The highest BCUT2D eigenvalue weighted by molar-refractivity contribution is 5.20. The Hall–Kier alpha value is -0.870. The van der Waals surface area contributed by atoms with Gasteiger partial charge in [-0.25, -0.2) is 0 Å². The molecular formula is C12H21N3O. The summed E-state index contributed by atoms with van der Waals surface area (Å²) in [6.07, 6.45) is 4.57. The van der Waals surface area contributed by atoms with Crippen molar-refractivity contribution in [3.05, 3.63) is 17.5 Å². The second kappa shape index (κ2) is 4.97. The minimum Gasteiger partial charge on any atom is -0.373 e. The molecule has 0 bridgehead atoms. The first kappa shape index (κ1) is 11.6. The quantitative estimate of drug-likeness (QED) is 0.842. The monoisotopic (exact) mass is 223 g/mol. The Labute approximate surface area is 97.0 Å². The Balaban J connectivity index is 2.19. The van der Waals surface area contributed by atoms with Crippen LogP contribution in [-0.4, -0.2) is 30.0 Å². The average Bonchev–Trinajstić information content (AvgIpc) is 2.61. The largest absolute Gasteiger partial charge is 0.373 e. The van der Waals surface area contributed by atoms with Crippen LogP contribution in [0.15, 0.2) is 6.20 Å². The SMILES string of the molecule is CNCC1CCCOC1c1cnn(C)c1C. The molecular weight excluding hydrogens is 202 g/mol. The molecule has 1 saturated heterocycles. The third kappa shape index (κ3) is 2.13. The van der Waals surface area contributed by atoms with Crippen LogP contribution in [0.4, 0.5) is 0 Å². The Kier molecular flexibility index (Phi) is 3.61. The fourth-order valence-electron chi connectivity index (χ4n) is 2.45. The van der Waals surface area contributed by atoms with E-state index in [-0.39, 0.29) is 6.10 Å². The van der Waals surface area contributed by atoms with Crippen LogP contribution in [0.1, 0.15) is 30.2 Å². The molecule has 0 saturated carbocycles. The van der Waals surface area contributed by atoms with Crippen LogP contribution in [0.3, 0.4) is 0 Å². The first-order chi connectivity index (χ1) is 7.74. The van der Waals surface area contributed by atoms with E-state index in [0.29, 0.717) is 5.92 Å². The standard InChI is InChI=1S/C12H21N3O/c1-9-11(8-14-15(9)3)12-10(7-13-2)5-4-6-16-12/h8,10,12-13H,4-7H2,1-3H3. The number of ether oxygens (including phenoxy) is 1. The highest BCUT2D eigenvalue weighted by Gasteiger charge is 2.29. The molecule has 2 unspecified atom stereocenters. The van der Waals surface area contributed by atoms with E-state index in [1.54, 1.807) is 0 Å². The molecule has 2 rings (SSSR count). The van der Waals surface area contributed by atoms with E-state index in [4.69, 9.17) is 4.74 Å². The van der Waals surface area contributed by atoms with Crippen LogP contribution in [0.5, 0.6) is 0 Å². The Morgan fingerprint density at radius 3 is 3.06 bits per heavy atom. The fraction of sp³-hybridized carbons (Fsp3) is 0.750. The molecule has 0 radical (unpaired) electrons. The van der Waals surface area contributed by atoms with Crippen LogP contribution in [0, 0.1) is 12.8 Å². The molecule has 2 heterocycles. The lowest BCUT2D eigenvalue weighted by atomic mass is 9.90. The maximum absolute atomic E-state index is 5.93. The van der Waals surface area contributed by atoms with Gasteiger partial charge in [-0.3, -0.25) is 4.68 Å². The Morgan fingerprint density at radius 1 is 1.62 bits per heavy atom. The summed E-state index contributed by atoms with van der Waals surface area (Å²) in [6.45, 7) is 3.99. The Morgan fingerprint density at radius 2 is 2.44 bits per heavy atom. The average molecular weight is 223 g/mol. The third-order valence-corrected chi connectivity index (χ3v) is 3.49. The van der Waals surface area contributed by atoms with Crippen molar-refractivity contribution in [2.24, 2.45) is 13.0 Å². The molecule has 0 aliphatic carbocycles. The first-order valence-electron chi connectivity index (χ1n) is 5.98. The summed E-state index contributed by atoms with van der Waals surface area (Å²) in [7, 11) is 3.98. The molecule has 1 aromatic rings. The van der Waals surface area contributed by atoms with Gasteiger partial charge in [0, 0.05) is 37.4 Å². The maximum Gasteiger partial charge on any atom is 0.0898 e. The van der Waals surface area contributed by atoms with Gasteiger partial charge in [-0.05, 0) is 26.8 Å². The molecule has 1 aliphatic rings. The van der Waals surface area contributed by atoms with E-state index in [2.05, 4.69) is 17.3 Å². The number of nitrogens with one attached hydrogen (secondary N) is 1. The van der Waals surface area contributed by atoms with Crippen molar-refractivity contribution in [2.75, 3.05) is 20.2 Å². The van der Waals surface area contributed by atoms with E-state index in [9.17, 15) is 0 Å². The zero-order valence-electron chi connectivity index (χ0n) is 10.4. The molecule has 0 amide bonds. The molecule has 90 valence electrons. The summed E-state index contributed by atoms with van der Waals surface area (Å²) in [4.78, 5) is 0. The van der Waals surface area contributed by atoms with Gasteiger partial charge in [-0.1, -0.05) is 0 Å². The Bertz CT molecular complexity index is 346. The van der Waals surface area contributed by atoms with Crippen LogP contribution in [0.25, 0.3) is 0 Å². The van der Waals surface area contributed by atoms with E-state index in [1.807, 2.05) is 25.0 Å². The summed E-state index contributed by atoms with van der Waals surface area (Å²) in [6, 6.07) is 0. The highest BCUT2D eigenvalue weighted by atomic mass is 16.5. The molecule has 0 spiro atoms. The van der Waals surface area contributed by atoms with Crippen LogP contribution in [-0.2, 0) is 11.8 Å². The molecule has 0 aromatic carbocycles. The number of hydrogen-bond donors (Lipinski definition) is 1. The lowest BCUT2D eigenvalue weighted by Gasteiger charge is -2.31. The lowest BCUT2D eigenvalue weighted by Crippen LogP contribution is -2.30. The zero-order chi connectivity index (χ0) is 11.5. The predicted octanol–water partition coefficient (Wildman–Crippen LogP) is 1.42. The first-order valence-corrected chi connectivity index (χ1v) is 5.98. The van der Waals surface area contributed by atoms with Gasteiger partial charge in [-0.15, -0.1) is 0 Å². The number of aromatic nitrogens is 2. The van der Waals surface area contributed by atoms with Crippen molar-refractivity contribution >= 4 is 0 Å². The topological polar surface area (TPSA) is 39.1 Å². The maximum atomic E-state index is 5.93. The molecule has 4 nitrogen and oxygen atoms in total. The predicted molar refractivity (Wildman–Crippen MR) is 63.3 cm³/mol. The lowest BCUT2D eigenvalue weighted by molar-refractivity contribution is -0.0276. The van der Waals surface area contributed by atoms with Gasteiger partial charge in [0.25, 0.3) is 0 Å². The minimum atomic E-state index is 0.217. The van der Waals surface area contributed by atoms with Gasteiger partial charge >= 0.3 is 0 Å². The van der Waals surface area contributed by atoms with Gasteiger partial charge < -0.3 is 10.1 Å². The number of rotatable bonds is 3. The van der Waals surface area contributed by atoms with Crippen molar-refractivity contribution in [3.63, 3.8) is 0 Å². The van der Waals surface area contributed by atoms with Gasteiger partial charge in [-0.2, -0.15) is 5.10 Å².